The van der Waals surface area contributed by atoms with Crippen LogP contribution in [0.4, 0.5) is 0 Å². The van der Waals surface area contributed by atoms with Gasteiger partial charge in [0.05, 0.1) is 0 Å². The molecule has 96 valence electrons. The van der Waals surface area contributed by atoms with E-state index in [-0.39, 0.29) is 12.3 Å². The van der Waals surface area contributed by atoms with Gasteiger partial charge in [-0.25, -0.2) is 0 Å². The quantitative estimate of drug-likeness (QED) is 0.703. The zero-order valence-corrected chi connectivity index (χ0v) is 10.2. The number of carbonyl (C=O) groups excluding carboxylic acids is 1. The van der Waals surface area contributed by atoms with Gasteiger partial charge in [-0.3, -0.25) is 9.59 Å². The zero-order valence-electron chi connectivity index (χ0n) is 10.2. The molecule has 0 aliphatic heterocycles. The molecule has 17 heavy (non-hydrogen) atoms. The van der Waals surface area contributed by atoms with Crippen molar-refractivity contribution >= 4 is 11.9 Å². The number of hydrogen-bond acceptors (Lipinski definition) is 2. The first-order valence-corrected chi connectivity index (χ1v) is 6.64. The van der Waals surface area contributed by atoms with Crippen molar-refractivity contribution in [3.05, 3.63) is 0 Å². The molecule has 0 radical (unpaired) electrons. The van der Waals surface area contributed by atoms with Crippen molar-refractivity contribution in [2.75, 3.05) is 13.1 Å². The standard InChI is InChI=1S/C13H21NO3/c15-12(2-1-3-13(16)17)14(8-10-4-5-10)9-11-6-7-11/h10-11H,1-9H2,(H,16,17). The average molecular weight is 239 g/mol. The monoisotopic (exact) mass is 239 g/mol. The summed E-state index contributed by atoms with van der Waals surface area (Å²) in [7, 11) is 0. The molecule has 0 saturated heterocycles. The number of carboxylic acid groups (broad SMARTS) is 1. The maximum atomic E-state index is 12.0. The fourth-order valence-electron chi connectivity index (χ4n) is 2.05. The molecule has 2 rings (SSSR count). The molecular formula is C13H21NO3. The van der Waals surface area contributed by atoms with E-state index in [4.69, 9.17) is 5.11 Å². The molecule has 0 bridgehead atoms. The van der Waals surface area contributed by atoms with Gasteiger partial charge in [0.2, 0.25) is 5.91 Å². The average Bonchev–Trinajstić information content (AvgIpc) is 3.10. The minimum absolute atomic E-state index is 0.104. The van der Waals surface area contributed by atoms with Crippen LogP contribution >= 0.6 is 0 Å². The third-order valence-corrected chi connectivity index (χ3v) is 3.49. The lowest BCUT2D eigenvalue weighted by Crippen LogP contribution is -2.34. The molecule has 0 spiro atoms. The van der Waals surface area contributed by atoms with Crippen molar-refractivity contribution in [2.45, 2.75) is 44.9 Å². The number of hydrogen-bond donors (Lipinski definition) is 1. The molecule has 2 saturated carbocycles. The second-order valence-corrected chi connectivity index (χ2v) is 5.43. The van der Waals surface area contributed by atoms with Crippen molar-refractivity contribution < 1.29 is 14.7 Å². The fraction of sp³-hybridized carbons (Fsp3) is 0.846. The molecule has 2 aliphatic carbocycles. The van der Waals surface area contributed by atoms with Gasteiger partial charge >= 0.3 is 5.97 Å². The number of nitrogens with zero attached hydrogens (tertiary/aromatic N) is 1. The molecule has 0 heterocycles. The predicted molar refractivity (Wildman–Crippen MR) is 63.5 cm³/mol. The number of carbonyl (C=O) groups is 2. The van der Waals surface area contributed by atoms with Gasteiger partial charge < -0.3 is 10.0 Å². The van der Waals surface area contributed by atoms with Crippen LogP contribution < -0.4 is 0 Å². The Hall–Kier alpha value is -1.06. The Morgan fingerprint density at radius 3 is 1.94 bits per heavy atom. The molecule has 0 atom stereocenters. The van der Waals surface area contributed by atoms with Crippen molar-refractivity contribution in [3.63, 3.8) is 0 Å². The summed E-state index contributed by atoms with van der Waals surface area (Å²) in [4.78, 5) is 24.4. The number of amides is 1. The van der Waals surface area contributed by atoms with Gasteiger partial charge in [0.1, 0.15) is 0 Å². The molecule has 4 nitrogen and oxygen atoms in total. The first kappa shape index (κ1) is 12.4. The molecular weight excluding hydrogens is 218 g/mol. The van der Waals surface area contributed by atoms with Crippen LogP contribution in [0.1, 0.15) is 44.9 Å². The second-order valence-electron chi connectivity index (χ2n) is 5.43. The highest BCUT2D eigenvalue weighted by Crippen LogP contribution is 2.34. The van der Waals surface area contributed by atoms with E-state index in [9.17, 15) is 9.59 Å². The maximum Gasteiger partial charge on any atom is 0.303 e. The van der Waals surface area contributed by atoms with E-state index in [1.165, 1.54) is 25.7 Å². The van der Waals surface area contributed by atoms with Crippen molar-refractivity contribution in [1.29, 1.82) is 0 Å². The van der Waals surface area contributed by atoms with E-state index in [0.29, 0.717) is 12.8 Å². The van der Waals surface area contributed by atoms with Gasteiger partial charge in [0, 0.05) is 25.9 Å². The van der Waals surface area contributed by atoms with E-state index < -0.39 is 5.97 Å². The Bertz CT molecular complexity index is 281. The highest BCUT2D eigenvalue weighted by atomic mass is 16.4. The molecule has 0 aromatic heterocycles. The Balaban J connectivity index is 1.71. The number of carboxylic acids is 1. The Morgan fingerprint density at radius 1 is 1.00 bits per heavy atom. The molecule has 2 fully saturated rings. The smallest absolute Gasteiger partial charge is 0.303 e. The molecule has 0 aromatic carbocycles. The molecule has 0 aromatic rings. The van der Waals surface area contributed by atoms with Crippen molar-refractivity contribution in [1.82, 2.24) is 4.90 Å². The topological polar surface area (TPSA) is 57.6 Å². The molecule has 4 heteroatoms. The van der Waals surface area contributed by atoms with Crippen molar-refractivity contribution in [2.24, 2.45) is 11.8 Å². The third kappa shape index (κ3) is 4.75. The fourth-order valence-corrected chi connectivity index (χ4v) is 2.05. The molecule has 1 N–H and O–H groups in total. The Kier molecular flexibility index (Phi) is 4.02. The Labute approximate surface area is 102 Å². The van der Waals surface area contributed by atoms with Crippen LogP contribution in [0.3, 0.4) is 0 Å². The summed E-state index contributed by atoms with van der Waals surface area (Å²) in [5.41, 5.74) is 0. The zero-order chi connectivity index (χ0) is 12.3. The van der Waals surface area contributed by atoms with Gasteiger partial charge in [0.25, 0.3) is 0 Å². The second kappa shape index (κ2) is 5.52. The summed E-state index contributed by atoms with van der Waals surface area (Å²) in [6.07, 6.45) is 5.98. The number of aliphatic carboxylic acids is 1. The molecule has 1 amide bonds. The van der Waals surface area contributed by atoms with Crippen LogP contribution in [0, 0.1) is 11.8 Å². The highest BCUT2D eigenvalue weighted by molar-refractivity contribution is 5.77. The summed E-state index contributed by atoms with van der Waals surface area (Å²) in [6.45, 7) is 1.81. The van der Waals surface area contributed by atoms with Crippen LogP contribution in [0.5, 0.6) is 0 Å². The highest BCUT2D eigenvalue weighted by Gasteiger charge is 2.31. The first-order chi connectivity index (χ1) is 8.15. The summed E-state index contributed by atoms with van der Waals surface area (Å²) in [5.74, 6) is 0.785. The summed E-state index contributed by atoms with van der Waals surface area (Å²) < 4.78 is 0. The van der Waals surface area contributed by atoms with E-state index in [0.717, 1.165) is 24.9 Å². The predicted octanol–water partition coefficient (Wildman–Crippen LogP) is 1.89. The van der Waals surface area contributed by atoms with Gasteiger partial charge in [-0.2, -0.15) is 0 Å². The van der Waals surface area contributed by atoms with Gasteiger partial charge in [-0.05, 0) is 43.9 Å². The first-order valence-electron chi connectivity index (χ1n) is 6.64. The lowest BCUT2D eigenvalue weighted by Gasteiger charge is -2.22. The summed E-state index contributed by atoms with van der Waals surface area (Å²) in [5, 5.41) is 8.55. The Morgan fingerprint density at radius 2 is 1.53 bits per heavy atom. The van der Waals surface area contributed by atoms with E-state index in [1.54, 1.807) is 0 Å². The van der Waals surface area contributed by atoms with Crippen LogP contribution in [0.2, 0.25) is 0 Å². The van der Waals surface area contributed by atoms with Gasteiger partial charge in [-0.15, -0.1) is 0 Å². The van der Waals surface area contributed by atoms with E-state index in [2.05, 4.69) is 0 Å². The lowest BCUT2D eigenvalue weighted by molar-refractivity contribution is -0.137. The molecule has 0 unspecified atom stereocenters. The third-order valence-electron chi connectivity index (χ3n) is 3.49. The van der Waals surface area contributed by atoms with E-state index >= 15 is 0 Å². The van der Waals surface area contributed by atoms with Gasteiger partial charge in [-0.1, -0.05) is 0 Å². The normalized spacial score (nSPS) is 19.1. The van der Waals surface area contributed by atoms with Crippen LogP contribution in [-0.2, 0) is 9.59 Å². The van der Waals surface area contributed by atoms with Gasteiger partial charge in [0.15, 0.2) is 0 Å². The van der Waals surface area contributed by atoms with E-state index in [1.807, 2.05) is 4.90 Å². The summed E-state index contributed by atoms with van der Waals surface area (Å²) >= 11 is 0. The largest absolute Gasteiger partial charge is 0.481 e. The van der Waals surface area contributed by atoms with Crippen LogP contribution in [-0.4, -0.2) is 35.0 Å². The minimum Gasteiger partial charge on any atom is -0.481 e. The summed E-state index contributed by atoms with van der Waals surface area (Å²) in [6, 6.07) is 0. The maximum absolute atomic E-state index is 12.0. The lowest BCUT2D eigenvalue weighted by atomic mass is 10.2. The SMILES string of the molecule is O=C(O)CCCC(=O)N(CC1CC1)CC1CC1. The number of rotatable bonds is 8. The van der Waals surface area contributed by atoms with Crippen LogP contribution in [0.25, 0.3) is 0 Å². The minimum atomic E-state index is -0.811. The molecule has 2 aliphatic rings. The van der Waals surface area contributed by atoms with Crippen molar-refractivity contribution in [3.8, 4) is 0 Å². The van der Waals surface area contributed by atoms with Crippen LogP contribution in [0.15, 0.2) is 0 Å².